The third-order valence-corrected chi connectivity index (χ3v) is 4.96. The lowest BCUT2D eigenvalue weighted by molar-refractivity contribution is -0.121. The Morgan fingerprint density at radius 3 is 3.08 bits per heavy atom. The zero-order chi connectivity index (χ0) is 18.5. The minimum Gasteiger partial charge on any atom is -0.369 e. The van der Waals surface area contributed by atoms with Crippen LogP contribution in [0.1, 0.15) is 39.0 Å². The summed E-state index contributed by atoms with van der Waals surface area (Å²) in [5.41, 5.74) is 5.83. The van der Waals surface area contributed by atoms with Gasteiger partial charge in [0.2, 0.25) is 11.9 Å². The molecular formula is C17H27N7O2. The normalized spacial score (nSPS) is 18.3. The molecule has 2 aromatic rings. The number of aromatic nitrogens is 4. The van der Waals surface area contributed by atoms with E-state index in [1.807, 2.05) is 0 Å². The van der Waals surface area contributed by atoms with Crippen LogP contribution in [-0.4, -0.2) is 56.0 Å². The summed E-state index contributed by atoms with van der Waals surface area (Å²) in [6, 6.07) is 0.650. The Bertz CT molecular complexity index is 813. The number of hydrogen-bond donors (Lipinski definition) is 3. The minimum absolute atomic E-state index is 0.0173. The van der Waals surface area contributed by atoms with E-state index in [4.69, 9.17) is 5.73 Å². The van der Waals surface area contributed by atoms with Crippen molar-refractivity contribution in [1.82, 2.24) is 29.7 Å². The second kappa shape index (κ2) is 8.31. The number of nitrogens with one attached hydrogen (secondary N) is 2. The number of likely N-dealkylation sites (tertiary alicyclic amines) is 1. The molecule has 1 aliphatic rings. The first-order valence-electron chi connectivity index (χ1n) is 9.26. The molecule has 1 fully saturated rings. The number of H-pyrrole nitrogens is 1. The predicted octanol–water partition coefficient (Wildman–Crippen LogP) is 0.473. The van der Waals surface area contributed by atoms with Crippen LogP contribution in [0.2, 0.25) is 0 Å². The van der Waals surface area contributed by atoms with Crippen molar-refractivity contribution in [3.05, 3.63) is 16.7 Å². The summed E-state index contributed by atoms with van der Waals surface area (Å²) in [7, 11) is 0. The predicted molar refractivity (Wildman–Crippen MR) is 99.7 cm³/mol. The van der Waals surface area contributed by atoms with Gasteiger partial charge < -0.3 is 20.5 Å². The summed E-state index contributed by atoms with van der Waals surface area (Å²) in [5.74, 6) is 0.0250. The van der Waals surface area contributed by atoms with E-state index in [-0.39, 0.29) is 22.9 Å². The SMILES string of the molecule is CC1CCCCN1CCCNC(=O)CCn1cnc2c(=O)[nH]c(N)nc21. The highest BCUT2D eigenvalue weighted by atomic mass is 16.1. The van der Waals surface area contributed by atoms with Gasteiger partial charge in [0.25, 0.3) is 5.56 Å². The van der Waals surface area contributed by atoms with Gasteiger partial charge in [-0.15, -0.1) is 0 Å². The van der Waals surface area contributed by atoms with Gasteiger partial charge in [-0.2, -0.15) is 4.98 Å². The first-order valence-corrected chi connectivity index (χ1v) is 9.26. The van der Waals surface area contributed by atoms with E-state index in [2.05, 4.69) is 32.1 Å². The van der Waals surface area contributed by atoms with Crippen LogP contribution in [-0.2, 0) is 11.3 Å². The molecule has 0 aromatic carbocycles. The number of nitrogens with zero attached hydrogens (tertiary/aromatic N) is 4. The lowest BCUT2D eigenvalue weighted by Crippen LogP contribution is -2.39. The number of imidazole rings is 1. The number of rotatable bonds is 7. The second-order valence-electron chi connectivity index (χ2n) is 6.90. The Labute approximate surface area is 152 Å². The van der Waals surface area contributed by atoms with Crippen molar-refractivity contribution < 1.29 is 4.79 Å². The number of piperidine rings is 1. The number of aromatic amines is 1. The van der Waals surface area contributed by atoms with Crippen LogP contribution in [0.5, 0.6) is 0 Å². The molecule has 0 saturated carbocycles. The average molecular weight is 361 g/mol. The van der Waals surface area contributed by atoms with E-state index in [1.165, 1.54) is 25.6 Å². The number of carbonyl (C=O) groups is 1. The Morgan fingerprint density at radius 2 is 2.27 bits per heavy atom. The van der Waals surface area contributed by atoms with Gasteiger partial charge in [-0.25, -0.2) is 4.98 Å². The Kier molecular flexibility index (Phi) is 5.87. The van der Waals surface area contributed by atoms with E-state index >= 15 is 0 Å². The molecule has 0 spiro atoms. The van der Waals surface area contributed by atoms with Crippen molar-refractivity contribution in [2.75, 3.05) is 25.4 Å². The fraction of sp³-hybridized carbons (Fsp3) is 0.647. The molecule has 3 rings (SSSR count). The number of nitrogen functional groups attached to an aromatic ring is 1. The number of carbonyl (C=O) groups excluding carboxylic acids is 1. The maximum Gasteiger partial charge on any atom is 0.280 e. The smallest absolute Gasteiger partial charge is 0.280 e. The molecule has 0 bridgehead atoms. The van der Waals surface area contributed by atoms with Crippen molar-refractivity contribution in [3.8, 4) is 0 Å². The fourth-order valence-electron chi connectivity index (χ4n) is 3.44. The number of hydrogen-bond acceptors (Lipinski definition) is 6. The van der Waals surface area contributed by atoms with Crippen LogP contribution in [0.4, 0.5) is 5.95 Å². The largest absolute Gasteiger partial charge is 0.369 e. The van der Waals surface area contributed by atoms with Crippen LogP contribution in [0.15, 0.2) is 11.1 Å². The highest BCUT2D eigenvalue weighted by Crippen LogP contribution is 2.16. The summed E-state index contributed by atoms with van der Waals surface area (Å²) < 4.78 is 1.68. The summed E-state index contributed by atoms with van der Waals surface area (Å²) in [5, 5.41) is 2.96. The monoisotopic (exact) mass is 361 g/mol. The molecule has 1 aliphatic heterocycles. The Balaban J connectivity index is 1.42. The number of nitrogens with two attached hydrogens (primary N) is 1. The molecule has 3 heterocycles. The molecule has 2 aromatic heterocycles. The lowest BCUT2D eigenvalue weighted by Gasteiger charge is -2.33. The number of aryl methyl sites for hydroxylation is 1. The third kappa shape index (κ3) is 4.40. The van der Waals surface area contributed by atoms with E-state index < -0.39 is 0 Å². The van der Waals surface area contributed by atoms with Gasteiger partial charge >= 0.3 is 0 Å². The zero-order valence-corrected chi connectivity index (χ0v) is 15.2. The molecule has 0 aliphatic carbocycles. The minimum atomic E-state index is -0.373. The number of fused-ring (bicyclic) bond motifs is 1. The molecule has 26 heavy (non-hydrogen) atoms. The van der Waals surface area contributed by atoms with Crippen LogP contribution >= 0.6 is 0 Å². The van der Waals surface area contributed by atoms with Gasteiger partial charge in [-0.3, -0.25) is 14.6 Å². The summed E-state index contributed by atoms with van der Waals surface area (Å²) in [4.78, 5) is 36.8. The summed E-state index contributed by atoms with van der Waals surface area (Å²) >= 11 is 0. The molecule has 4 N–H and O–H groups in total. The maximum atomic E-state index is 12.1. The summed E-state index contributed by atoms with van der Waals surface area (Å²) in [6.07, 6.45) is 6.64. The van der Waals surface area contributed by atoms with E-state index in [0.717, 1.165) is 19.5 Å². The van der Waals surface area contributed by atoms with Gasteiger partial charge in [0.1, 0.15) is 0 Å². The number of anilines is 1. The van der Waals surface area contributed by atoms with Crippen LogP contribution < -0.4 is 16.6 Å². The number of amides is 1. The van der Waals surface area contributed by atoms with Crippen molar-refractivity contribution in [2.45, 2.75) is 51.6 Å². The molecule has 9 heteroatoms. The van der Waals surface area contributed by atoms with Gasteiger partial charge in [0.15, 0.2) is 11.2 Å². The first-order chi connectivity index (χ1) is 12.5. The van der Waals surface area contributed by atoms with E-state index in [1.54, 1.807) is 4.57 Å². The molecule has 142 valence electrons. The van der Waals surface area contributed by atoms with Crippen LogP contribution in [0.25, 0.3) is 11.2 Å². The standard InChI is InChI=1S/C17H27N7O2/c1-12-5-2-3-8-23(12)9-4-7-19-13(25)6-10-24-11-20-14-15(24)21-17(18)22-16(14)26/h11-12H,2-10H2,1H3,(H,19,25)(H3,18,21,22,26). The summed E-state index contributed by atoms with van der Waals surface area (Å²) in [6.45, 7) is 5.55. The highest BCUT2D eigenvalue weighted by Gasteiger charge is 2.17. The molecule has 1 amide bonds. The fourth-order valence-corrected chi connectivity index (χ4v) is 3.44. The van der Waals surface area contributed by atoms with Gasteiger partial charge in [0.05, 0.1) is 6.33 Å². The molecular weight excluding hydrogens is 334 g/mol. The molecule has 0 radical (unpaired) electrons. The van der Waals surface area contributed by atoms with Crippen molar-refractivity contribution in [3.63, 3.8) is 0 Å². The van der Waals surface area contributed by atoms with Crippen LogP contribution in [0, 0.1) is 0 Å². The van der Waals surface area contributed by atoms with Gasteiger partial charge in [-0.1, -0.05) is 6.42 Å². The zero-order valence-electron chi connectivity index (χ0n) is 15.2. The highest BCUT2D eigenvalue weighted by molar-refractivity contribution is 5.76. The second-order valence-corrected chi connectivity index (χ2v) is 6.90. The Hall–Kier alpha value is -2.42. The van der Waals surface area contributed by atoms with Crippen molar-refractivity contribution in [2.24, 2.45) is 0 Å². The average Bonchev–Trinajstić information content (AvgIpc) is 3.01. The molecule has 1 unspecified atom stereocenters. The van der Waals surface area contributed by atoms with Gasteiger partial charge in [-0.05, 0) is 32.7 Å². The lowest BCUT2D eigenvalue weighted by atomic mass is 10.0. The molecule has 9 nitrogen and oxygen atoms in total. The molecule has 1 atom stereocenters. The van der Waals surface area contributed by atoms with Gasteiger partial charge in [0, 0.05) is 32.1 Å². The van der Waals surface area contributed by atoms with E-state index in [0.29, 0.717) is 31.2 Å². The topological polar surface area (TPSA) is 122 Å². The van der Waals surface area contributed by atoms with Crippen molar-refractivity contribution >= 4 is 23.0 Å². The third-order valence-electron chi connectivity index (χ3n) is 4.96. The first kappa shape index (κ1) is 18.4. The van der Waals surface area contributed by atoms with Crippen LogP contribution in [0.3, 0.4) is 0 Å². The molecule has 1 saturated heterocycles. The van der Waals surface area contributed by atoms with Crippen molar-refractivity contribution in [1.29, 1.82) is 0 Å². The van der Waals surface area contributed by atoms with E-state index in [9.17, 15) is 9.59 Å². The Morgan fingerprint density at radius 1 is 1.42 bits per heavy atom. The maximum absolute atomic E-state index is 12.1. The quantitative estimate of drug-likeness (QED) is 0.616.